The third-order valence-corrected chi connectivity index (χ3v) is 3.94. The predicted molar refractivity (Wildman–Crippen MR) is 57.5 cm³/mol. The van der Waals surface area contributed by atoms with Crippen molar-refractivity contribution in [1.29, 1.82) is 0 Å². The number of hydrogen-bond acceptors (Lipinski definition) is 4. The van der Waals surface area contributed by atoms with E-state index >= 15 is 0 Å². The van der Waals surface area contributed by atoms with Gasteiger partial charge in [0.25, 0.3) is 0 Å². The molecule has 13 heavy (non-hydrogen) atoms. The lowest BCUT2D eigenvalue weighted by Gasteiger charge is -1.95. The molecule has 1 heterocycles. The van der Waals surface area contributed by atoms with Gasteiger partial charge in [-0.2, -0.15) is 12.6 Å². The minimum Gasteiger partial charge on any atom is -0.378 e. The zero-order valence-electron chi connectivity index (χ0n) is 7.62. The third kappa shape index (κ3) is 2.06. The van der Waals surface area contributed by atoms with E-state index in [9.17, 15) is 0 Å². The van der Waals surface area contributed by atoms with Crippen molar-refractivity contribution in [2.75, 3.05) is 7.11 Å². The van der Waals surface area contributed by atoms with Gasteiger partial charge in [-0.25, -0.2) is 4.98 Å². The summed E-state index contributed by atoms with van der Waals surface area (Å²) in [6.07, 6.45) is 2.62. The standard InChI is InChI=1S/C9H13NOS2/c1-11-4-7-8(5-12)13-9(10-7)6-2-3-6/h6,12H,2-5H2,1H3. The monoisotopic (exact) mass is 215 g/mol. The van der Waals surface area contributed by atoms with Gasteiger partial charge in [0, 0.05) is 23.7 Å². The fraction of sp³-hybridized carbons (Fsp3) is 0.667. The highest BCUT2D eigenvalue weighted by atomic mass is 32.1. The van der Waals surface area contributed by atoms with Gasteiger partial charge in [-0.15, -0.1) is 11.3 Å². The minimum absolute atomic E-state index is 0.624. The molecule has 2 nitrogen and oxygen atoms in total. The topological polar surface area (TPSA) is 22.1 Å². The van der Waals surface area contributed by atoms with Crippen molar-refractivity contribution in [2.45, 2.75) is 31.1 Å². The van der Waals surface area contributed by atoms with Crippen molar-refractivity contribution in [2.24, 2.45) is 0 Å². The van der Waals surface area contributed by atoms with Gasteiger partial charge in [0.05, 0.1) is 17.3 Å². The fourth-order valence-electron chi connectivity index (χ4n) is 1.28. The molecule has 1 aromatic rings. The Morgan fingerprint density at radius 3 is 2.92 bits per heavy atom. The summed E-state index contributed by atoms with van der Waals surface area (Å²) in [5, 5.41) is 1.29. The average molecular weight is 215 g/mol. The molecule has 0 unspecified atom stereocenters. The Morgan fingerprint density at radius 2 is 2.38 bits per heavy atom. The highest BCUT2D eigenvalue weighted by Crippen LogP contribution is 2.42. The zero-order chi connectivity index (χ0) is 9.26. The van der Waals surface area contributed by atoms with Gasteiger partial charge in [-0.05, 0) is 12.8 Å². The first-order valence-electron chi connectivity index (χ1n) is 4.43. The van der Waals surface area contributed by atoms with Crippen LogP contribution in [-0.2, 0) is 17.1 Å². The maximum Gasteiger partial charge on any atom is 0.0963 e. The van der Waals surface area contributed by atoms with E-state index in [4.69, 9.17) is 4.74 Å². The van der Waals surface area contributed by atoms with Crippen LogP contribution in [-0.4, -0.2) is 12.1 Å². The van der Waals surface area contributed by atoms with Gasteiger partial charge in [0.15, 0.2) is 0 Å². The van der Waals surface area contributed by atoms with Gasteiger partial charge < -0.3 is 4.74 Å². The Kier molecular flexibility index (Phi) is 2.91. The normalized spacial score (nSPS) is 16.5. The number of ether oxygens (including phenoxy) is 1. The van der Waals surface area contributed by atoms with Gasteiger partial charge in [0.2, 0.25) is 0 Å². The van der Waals surface area contributed by atoms with Crippen molar-refractivity contribution in [1.82, 2.24) is 4.98 Å². The van der Waals surface area contributed by atoms with E-state index in [1.54, 1.807) is 18.4 Å². The molecule has 0 saturated heterocycles. The summed E-state index contributed by atoms with van der Waals surface area (Å²) in [6.45, 7) is 0.624. The van der Waals surface area contributed by atoms with Crippen LogP contribution >= 0.6 is 24.0 Å². The first kappa shape index (κ1) is 9.49. The SMILES string of the molecule is COCc1nc(C2CC2)sc1CS. The maximum absolute atomic E-state index is 5.09. The fourth-order valence-corrected chi connectivity index (χ4v) is 2.75. The second-order valence-corrected chi connectivity index (χ2v) is 4.72. The van der Waals surface area contributed by atoms with E-state index < -0.39 is 0 Å². The summed E-state index contributed by atoms with van der Waals surface area (Å²) in [7, 11) is 1.71. The Hall–Kier alpha value is -0.0600. The molecule has 0 bridgehead atoms. The van der Waals surface area contributed by atoms with Gasteiger partial charge in [-0.3, -0.25) is 0 Å². The average Bonchev–Trinajstić information content (AvgIpc) is 2.90. The molecular formula is C9H13NOS2. The number of nitrogens with zero attached hydrogens (tertiary/aromatic N) is 1. The molecule has 0 atom stereocenters. The first-order valence-corrected chi connectivity index (χ1v) is 5.88. The van der Waals surface area contributed by atoms with Gasteiger partial charge >= 0.3 is 0 Å². The number of methoxy groups -OCH3 is 1. The Bertz CT molecular complexity index is 294. The number of thiol groups is 1. The summed E-state index contributed by atoms with van der Waals surface area (Å²) in [6, 6.07) is 0. The Balaban J connectivity index is 2.20. The van der Waals surface area contributed by atoms with E-state index in [0.717, 1.165) is 17.4 Å². The number of rotatable bonds is 4. The smallest absolute Gasteiger partial charge is 0.0963 e. The van der Waals surface area contributed by atoms with Crippen LogP contribution in [0.5, 0.6) is 0 Å². The summed E-state index contributed by atoms with van der Waals surface area (Å²) in [5.41, 5.74) is 1.09. The molecule has 4 heteroatoms. The lowest BCUT2D eigenvalue weighted by atomic mass is 10.4. The molecular weight excluding hydrogens is 202 g/mol. The van der Waals surface area contributed by atoms with Crippen molar-refractivity contribution in [3.63, 3.8) is 0 Å². The molecule has 1 aliphatic carbocycles. The summed E-state index contributed by atoms with van der Waals surface area (Å²) >= 11 is 6.09. The quantitative estimate of drug-likeness (QED) is 0.780. The highest BCUT2D eigenvalue weighted by Gasteiger charge is 2.27. The van der Waals surface area contributed by atoms with E-state index in [-0.39, 0.29) is 0 Å². The van der Waals surface area contributed by atoms with Crippen LogP contribution in [0.25, 0.3) is 0 Å². The molecule has 2 rings (SSSR count). The first-order chi connectivity index (χ1) is 6.35. The Morgan fingerprint density at radius 1 is 1.62 bits per heavy atom. The van der Waals surface area contributed by atoms with E-state index in [1.165, 1.54) is 22.7 Å². The maximum atomic E-state index is 5.09. The molecule has 0 aliphatic heterocycles. The molecule has 1 saturated carbocycles. The van der Waals surface area contributed by atoms with Crippen molar-refractivity contribution < 1.29 is 4.74 Å². The van der Waals surface area contributed by atoms with Gasteiger partial charge in [-0.1, -0.05) is 0 Å². The Labute approximate surface area is 87.7 Å². The summed E-state index contributed by atoms with van der Waals surface area (Å²) in [5.74, 6) is 1.53. The molecule has 72 valence electrons. The van der Waals surface area contributed by atoms with Crippen molar-refractivity contribution in [3.05, 3.63) is 15.6 Å². The molecule has 0 aromatic carbocycles. The van der Waals surface area contributed by atoms with Crippen LogP contribution in [0.1, 0.15) is 34.3 Å². The lowest BCUT2D eigenvalue weighted by Crippen LogP contribution is -1.91. The molecule has 0 radical (unpaired) electrons. The van der Waals surface area contributed by atoms with E-state index in [2.05, 4.69) is 17.6 Å². The molecule has 1 aliphatic rings. The van der Waals surface area contributed by atoms with Crippen molar-refractivity contribution >= 4 is 24.0 Å². The zero-order valence-corrected chi connectivity index (χ0v) is 9.33. The number of aromatic nitrogens is 1. The third-order valence-electron chi connectivity index (χ3n) is 2.15. The predicted octanol–water partition coefficient (Wildman–Crippen LogP) is 2.60. The van der Waals surface area contributed by atoms with Crippen LogP contribution in [0.3, 0.4) is 0 Å². The largest absolute Gasteiger partial charge is 0.378 e. The molecule has 1 fully saturated rings. The number of thiazole rings is 1. The highest BCUT2D eigenvalue weighted by molar-refractivity contribution is 7.79. The number of hydrogen-bond donors (Lipinski definition) is 1. The van der Waals surface area contributed by atoms with Crippen LogP contribution in [0.2, 0.25) is 0 Å². The summed E-state index contributed by atoms with van der Waals surface area (Å²) < 4.78 is 5.09. The summed E-state index contributed by atoms with van der Waals surface area (Å²) in [4.78, 5) is 5.85. The van der Waals surface area contributed by atoms with Crippen LogP contribution in [0, 0.1) is 0 Å². The minimum atomic E-state index is 0.624. The van der Waals surface area contributed by atoms with Crippen LogP contribution in [0.4, 0.5) is 0 Å². The molecule has 0 spiro atoms. The molecule has 0 amide bonds. The van der Waals surface area contributed by atoms with E-state index in [0.29, 0.717) is 6.61 Å². The van der Waals surface area contributed by atoms with Crippen LogP contribution < -0.4 is 0 Å². The van der Waals surface area contributed by atoms with Crippen LogP contribution in [0.15, 0.2) is 0 Å². The van der Waals surface area contributed by atoms with E-state index in [1.807, 2.05) is 0 Å². The van der Waals surface area contributed by atoms with Crippen molar-refractivity contribution in [3.8, 4) is 0 Å². The molecule has 0 N–H and O–H groups in total. The second kappa shape index (κ2) is 3.98. The van der Waals surface area contributed by atoms with Gasteiger partial charge in [0.1, 0.15) is 0 Å². The second-order valence-electron chi connectivity index (χ2n) is 3.29. The molecule has 1 aromatic heterocycles. The lowest BCUT2D eigenvalue weighted by molar-refractivity contribution is 0.181.